The molecule has 0 bridgehead atoms. The lowest BCUT2D eigenvalue weighted by molar-refractivity contribution is -0.117. The Bertz CT molecular complexity index is 1280. The van der Waals surface area contributed by atoms with Gasteiger partial charge in [-0.2, -0.15) is 5.10 Å². The van der Waals surface area contributed by atoms with Gasteiger partial charge < -0.3 is 5.32 Å². The normalized spacial score (nSPS) is 12.6. The molecule has 174 valence electrons. The molecule has 8 heteroatoms. The zero-order valence-corrected chi connectivity index (χ0v) is 20.4. The summed E-state index contributed by atoms with van der Waals surface area (Å²) in [7, 11) is -3.37. The predicted octanol–water partition coefficient (Wildman–Crippen LogP) is 4.12. The molecule has 1 aromatic heterocycles. The molecule has 0 aliphatic carbocycles. The number of hydrogen-bond acceptors (Lipinski definition) is 4. The van der Waals surface area contributed by atoms with Crippen LogP contribution in [0.2, 0.25) is 0 Å². The summed E-state index contributed by atoms with van der Waals surface area (Å²) in [5, 5.41) is 7.55. The van der Waals surface area contributed by atoms with Crippen LogP contribution in [0.25, 0.3) is 6.08 Å². The highest BCUT2D eigenvalue weighted by Gasteiger charge is 2.12. The Balaban J connectivity index is 1.67. The fourth-order valence-electron chi connectivity index (χ4n) is 3.56. The second-order valence-electron chi connectivity index (χ2n) is 8.29. The summed E-state index contributed by atoms with van der Waals surface area (Å²) < 4.78 is 27.3. The summed E-state index contributed by atoms with van der Waals surface area (Å²) >= 11 is 0. The average molecular weight is 467 g/mol. The minimum absolute atomic E-state index is 0.242. The van der Waals surface area contributed by atoms with Gasteiger partial charge in [-0.25, -0.2) is 8.42 Å². The van der Waals surface area contributed by atoms with Gasteiger partial charge in [0.1, 0.15) is 0 Å². The Morgan fingerprint density at radius 3 is 2.48 bits per heavy atom. The van der Waals surface area contributed by atoms with Gasteiger partial charge in [-0.1, -0.05) is 42.0 Å². The van der Waals surface area contributed by atoms with Crippen LogP contribution in [0, 0.1) is 20.8 Å². The second-order valence-corrected chi connectivity index (χ2v) is 10.0. The van der Waals surface area contributed by atoms with Crippen molar-refractivity contribution >= 4 is 27.7 Å². The molecule has 0 aliphatic heterocycles. The van der Waals surface area contributed by atoms with E-state index in [1.165, 1.54) is 17.2 Å². The quantitative estimate of drug-likeness (QED) is 0.489. The maximum absolute atomic E-state index is 12.5. The van der Waals surface area contributed by atoms with Gasteiger partial charge in [-0.05, 0) is 57.0 Å². The van der Waals surface area contributed by atoms with Crippen LogP contribution in [0.1, 0.15) is 46.6 Å². The Labute approximate surface area is 195 Å². The van der Waals surface area contributed by atoms with Crippen molar-refractivity contribution in [1.29, 1.82) is 0 Å². The first-order valence-corrected chi connectivity index (χ1v) is 12.6. The molecule has 0 radical (unpaired) electrons. The monoisotopic (exact) mass is 466 g/mol. The molecule has 0 spiro atoms. The molecule has 0 aliphatic rings. The van der Waals surface area contributed by atoms with Crippen LogP contribution in [0.3, 0.4) is 0 Å². The Hall–Kier alpha value is -3.39. The lowest BCUT2D eigenvalue weighted by atomic mass is 10.1. The van der Waals surface area contributed by atoms with E-state index in [9.17, 15) is 13.2 Å². The van der Waals surface area contributed by atoms with Gasteiger partial charge in [0.15, 0.2) is 0 Å². The van der Waals surface area contributed by atoms with Gasteiger partial charge in [0.05, 0.1) is 24.5 Å². The highest BCUT2D eigenvalue weighted by atomic mass is 32.2. The maximum Gasteiger partial charge on any atom is 0.244 e. The first-order valence-electron chi connectivity index (χ1n) is 10.7. The number of carbonyl (C=O) groups is 1. The molecule has 0 saturated carbocycles. The third-order valence-corrected chi connectivity index (χ3v) is 5.95. The number of amides is 1. The molecule has 3 aromatic rings. The number of hydrogen-bond donors (Lipinski definition) is 2. The molecule has 2 aromatic carbocycles. The predicted molar refractivity (Wildman–Crippen MR) is 132 cm³/mol. The number of benzene rings is 2. The van der Waals surface area contributed by atoms with Gasteiger partial charge in [0, 0.05) is 23.0 Å². The lowest BCUT2D eigenvalue weighted by Gasteiger charge is -2.14. The molecule has 0 saturated heterocycles. The van der Waals surface area contributed by atoms with Gasteiger partial charge in [-0.15, -0.1) is 0 Å². The van der Waals surface area contributed by atoms with E-state index in [0.717, 1.165) is 28.8 Å². The number of sulfonamides is 1. The molecule has 3 rings (SSSR count). The van der Waals surface area contributed by atoms with Crippen molar-refractivity contribution in [2.75, 3.05) is 11.0 Å². The number of aromatic nitrogens is 2. The van der Waals surface area contributed by atoms with Gasteiger partial charge in [0.2, 0.25) is 15.9 Å². The number of carbonyl (C=O) groups excluding carboxylic acids is 1. The Morgan fingerprint density at radius 2 is 1.82 bits per heavy atom. The molecule has 0 fully saturated rings. The van der Waals surface area contributed by atoms with Crippen molar-refractivity contribution in [3.05, 3.63) is 88.2 Å². The number of rotatable bonds is 8. The van der Waals surface area contributed by atoms with Crippen LogP contribution in [-0.2, 0) is 21.4 Å². The van der Waals surface area contributed by atoms with Crippen LogP contribution < -0.4 is 10.0 Å². The van der Waals surface area contributed by atoms with Crippen molar-refractivity contribution in [2.45, 2.75) is 40.3 Å². The molecular weight excluding hydrogens is 436 g/mol. The van der Waals surface area contributed by atoms with E-state index in [4.69, 9.17) is 0 Å². The fraction of sp³-hybridized carbons (Fsp3) is 0.280. The van der Waals surface area contributed by atoms with Crippen LogP contribution in [0.5, 0.6) is 0 Å². The fourth-order valence-corrected chi connectivity index (χ4v) is 4.12. The SMILES string of the molecule is Cc1ccc(Cn2nc(C)c(/C=C/C(=O)NC(C)c3cccc(NS(C)(=O)=O)c3)c2C)cc1. The molecule has 1 unspecified atom stereocenters. The van der Waals surface area contributed by atoms with Gasteiger partial charge >= 0.3 is 0 Å². The van der Waals surface area contributed by atoms with E-state index < -0.39 is 10.0 Å². The first kappa shape index (κ1) is 24.3. The van der Waals surface area contributed by atoms with E-state index in [0.29, 0.717) is 12.2 Å². The number of nitrogens with one attached hydrogen (secondary N) is 2. The third kappa shape index (κ3) is 6.79. The Kier molecular flexibility index (Phi) is 7.38. The smallest absolute Gasteiger partial charge is 0.244 e. The largest absolute Gasteiger partial charge is 0.346 e. The van der Waals surface area contributed by atoms with E-state index in [1.54, 1.807) is 24.3 Å². The van der Waals surface area contributed by atoms with E-state index in [2.05, 4.69) is 46.3 Å². The van der Waals surface area contributed by atoms with Crippen molar-refractivity contribution < 1.29 is 13.2 Å². The highest BCUT2D eigenvalue weighted by molar-refractivity contribution is 7.92. The summed E-state index contributed by atoms with van der Waals surface area (Å²) in [4.78, 5) is 12.5. The van der Waals surface area contributed by atoms with E-state index in [1.807, 2.05) is 31.5 Å². The molecule has 1 heterocycles. The number of anilines is 1. The van der Waals surface area contributed by atoms with Crippen molar-refractivity contribution in [2.24, 2.45) is 0 Å². The van der Waals surface area contributed by atoms with E-state index in [-0.39, 0.29) is 11.9 Å². The molecular formula is C25H30N4O3S. The van der Waals surface area contributed by atoms with Gasteiger partial charge in [-0.3, -0.25) is 14.2 Å². The number of nitrogens with zero attached hydrogens (tertiary/aromatic N) is 2. The van der Waals surface area contributed by atoms with Crippen LogP contribution >= 0.6 is 0 Å². The molecule has 33 heavy (non-hydrogen) atoms. The maximum atomic E-state index is 12.5. The van der Waals surface area contributed by atoms with Crippen LogP contribution in [-0.4, -0.2) is 30.4 Å². The highest BCUT2D eigenvalue weighted by Crippen LogP contribution is 2.19. The first-order chi connectivity index (χ1) is 15.5. The van der Waals surface area contributed by atoms with Crippen LogP contribution in [0.15, 0.2) is 54.6 Å². The summed E-state index contributed by atoms with van der Waals surface area (Å²) in [6.45, 7) is 8.50. The zero-order chi connectivity index (χ0) is 24.2. The third-order valence-electron chi connectivity index (χ3n) is 5.34. The minimum atomic E-state index is -3.37. The standard InChI is InChI=1S/C25H30N4O3S/c1-17-9-11-21(12-10-17)16-29-20(4)24(19(3)27-29)13-14-25(30)26-18(2)22-7-6-8-23(15-22)28-33(5,31)32/h6-15,18,28H,16H2,1-5H3,(H,26,30)/b14-13+. The van der Waals surface area contributed by atoms with Crippen molar-refractivity contribution in [3.63, 3.8) is 0 Å². The molecule has 7 nitrogen and oxygen atoms in total. The summed E-state index contributed by atoms with van der Waals surface area (Å²) in [6.07, 6.45) is 4.39. The lowest BCUT2D eigenvalue weighted by Crippen LogP contribution is -2.24. The number of aryl methyl sites for hydroxylation is 2. The van der Waals surface area contributed by atoms with Gasteiger partial charge in [0.25, 0.3) is 0 Å². The summed E-state index contributed by atoms with van der Waals surface area (Å²) in [5.74, 6) is -0.242. The molecule has 1 atom stereocenters. The molecule has 2 N–H and O–H groups in total. The summed E-state index contributed by atoms with van der Waals surface area (Å²) in [6, 6.07) is 15.0. The second kappa shape index (κ2) is 10.0. The average Bonchev–Trinajstić information content (AvgIpc) is 2.99. The van der Waals surface area contributed by atoms with Crippen molar-refractivity contribution in [3.8, 4) is 0 Å². The topological polar surface area (TPSA) is 93.1 Å². The van der Waals surface area contributed by atoms with Crippen LogP contribution in [0.4, 0.5) is 5.69 Å². The van der Waals surface area contributed by atoms with Crippen molar-refractivity contribution in [1.82, 2.24) is 15.1 Å². The zero-order valence-electron chi connectivity index (χ0n) is 19.6. The Morgan fingerprint density at radius 1 is 1.12 bits per heavy atom. The van der Waals surface area contributed by atoms with E-state index >= 15 is 0 Å². The minimum Gasteiger partial charge on any atom is -0.346 e. The summed E-state index contributed by atoms with van der Waals surface area (Å²) in [5.41, 5.74) is 6.41. The molecule has 1 amide bonds.